The summed E-state index contributed by atoms with van der Waals surface area (Å²) < 4.78 is 7.29. The third-order valence-electron chi connectivity index (χ3n) is 4.46. The van der Waals surface area contributed by atoms with Gasteiger partial charge < -0.3 is 24.6 Å². The summed E-state index contributed by atoms with van der Waals surface area (Å²) in [4.78, 5) is 16.6. The average molecular weight is 343 g/mol. The molecule has 9 nitrogen and oxygen atoms in total. The van der Waals surface area contributed by atoms with E-state index in [1.807, 2.05) is 6.92 Å². The third-order valence-corrected chi connectivity index (χ3v) is 4.46. The second-order valence-electron chi connectivity index (χ2n) is 5.96. The van der Waals surface area contributed by atoms with Crippen molar-refractivity contribution in [3.8, 4) is 11.1 Å². The molecule has 130 valence electrons. The SMILES string of the molecule is Cc1ncnc2c1c(-c1cncnc1)cn2[C@@H]1O[C@H](CO)[C@@H](O)[C@H]1O. The van der Waals surface area contributed by atoms with Crippen LogP contribution in [0.15, 0.2) is 31.2 Å². The van der Waals surface area contributed by atoms with Gasteiger partial charge in [0.1, 0.15) is 36.6 Å². The van der Waals surface area contributed by atoms with Crippen LogP contribution in [0.4, 0.5) is 0 Å². The normalized spacial score (nSPS) is 26.4. The van der Waals surface area contributed by atoms with Crippen LogP contribution < -0.4 is 0 Å². The lowest BCUT2D eigenvalue weighted by molar-refractivity contribution is -0.0508. The molecule has 9 heteroatoms. The molecule has 3 aromatic heterocycles. The highest BCUT2D eigenvalue weighted by Crippen LogP contribution is 2.37. The van der Waals surface area contributed by atoms with Crippen molar-refractivity contribution < 1.29 is 20.1 Å². The minimum atomic E-state index is -1.19. The quantitative estimate of drug-likeness (QED) is 0.597. The van der Waals surface area contributed by atoms with Gasteiger partial charge in [0.2, 0.25) is 0 Å². The molecule has 3 aromatic rings. The van der Waals surface area contributed by atoms with Crippen molar-refractivity contribution in [2.45, 2.75) is 31.5 Å². The molecule has 0 aliphatic carbocycles. The molecule has 4 rings (SSSR count). The Labute approximate surface area is 142 Å². The van der Waals surface area contributed by atoms with Gasteiger partial charge in [0.25, 0.3) is 0 Å². The molecule has 1 saturated heterocycles. The molecule has 0 saturated carbocycles. The molecule has 0 amide bonds. The van der Waals surface area contributed by atoms with Gasteiger partial charge in [-0.15, -0.1) is 0 Å². The number of nitrogens with zero attached hydrogens (tertiary/aromatic N) is 5. The Morgan fingerprint density at radius 1 is 1.12 bits per heavy atom. The molecule has 1 aliphatic rings. The highest BCUT2D eigenvalue weighted by atomic mass is 16.6. The summed E-state index contributed by atoms with van der Waals surface area (Å²) in [6, 6.07) is 0. The maximum absolute atomic E-state index is 10.3. The van der Waals surface area contributed by atoms with Crippen molar-refractivity contribution in [2.24, 2.45) is 0 Å². The zero-order valence-electron chi connectivity index (χ0n) is 13.4. The largest absolute Gasteiger partial charge is 0.394 e. The van der Waals surface area contributed by atoms with Gasteiger partial charge in [-0.25, -0.2) is 19.9 Å². The summed E-state index contributed by atoms with van der Waals surface area (Å²) in [6.07, 6.45) is 3.89. The van der Waals surface area contributed by atoms with Gasteiger partial charge in [-0.2, -0.15) is 0 Å². The van der Waals surface area contributed by atoms with Crippen LogP contribution in [0.25, 0.3) is 22.2 Å². The van der Waals surface area contributed by atoms with Crippen molar-refractivity contribution in [2.75, 3.05) is 6.61 Å². The number of aliphatic hydroxyl groups is 3. The molecule has 0 spiro atoms. The smallest absolute Gasteiger partial charge is 0.164 e. The highest BCUT2D eigenvalue weighted by molar-refractivity contribution is 5.95. The number of rotatable bonds is 3. The van der Waals surface area contributed by atoms with Crippen LogP contribution in [0.2, 0.25) is 0 Å². The van der Waals surface area contributed by atoms with Gasteiger partial charge in [0, 0.05) is 35.1 Å². The summed E-state index contributed by atoms with van der Waals surface area (Å²) in [7, 11) is 0. The highest BCUT2D eigenvalue weighted by Gasteiger charge is 2.44. The van der Waals surface area contributed by atoms with Crippen LogP contribution in [0.5, 0.6) is 0 Å². The molecule has 4 atom stereocenters. The summed E-state index contributed by atoms with van der Waals surface area (Å²) in [5.41, 5.74) is 2.89. The fourth-order valence-corrected chi connectivity index (χ4v) is 3.20. The maximum Gasteiger partial charge on any atom is 0.164 e. The van der Waals surface area contributed by atoms with Crippen LogP contribution in [0.3, 0.4) is 0 Å². The standard InChI is InChI=1S/C16H17N5O4/c1-8-12-10(9-2-17-6-18-3-9)4-21(15(12)20-7-19-8)16-14(24)13(23)11(5-22)25-16/h2-4,6-7,11,13-14,16,22-24H,5H2,1H3/t11-,13-,14-,16-/m1/s1. The lowest BCUT2D eigenvalue weighted by Gasteiger charge is -2.17. The van der Waals surface area contributed by atoms with E-state index >= 15 is 0 Å². The van der Waals surface area contributed by atoms with Crippen LogP contribution in [-0.4, -0.2) is 64.7 Å². The minimum Gasteiger partial charge on any atom is -0.394 e. The molecule has 0 bridgehead atoms. The number of fused-ring (bicyclic) bond motifs is 1. The topological polar surface area (TPSA) is 126 Å². The van der Waals surface area contributed by atoms with Gasteiger partial charge in [-0.1, -0.05) is 0 Å². The first kappa shape index (κ1) is 16.0. The number of ether oxygens (including phenoxy) is 1. The third kappa shape index (κ3) is 2.48. The Morgan fingerprint density at radius 2 is 1.88 bits per heavy atom. The summed E-state index contributed by atoms with van der Waals surface area (Å²) in [6.45, 7) is 1.47. The van der Waals surface area contributed by atoms with Crippen LogP contribution in [-0.2, 0) is 4.74 Å². The van der Waals surface area contributed by atoms with E-state index in [2.05, 4.69) is 19.9 Å². The lowest BCUT2D eigenvalue weighted by atomic mass is 10.1. The van der Waals surface area contributed by atoms with Crippen molar-refractivity contribution >= 4 is 11.0 Å². The Bertz CT molecular complexity index is 900. The van der Waals surface area contributed by atoms with Crippen molar-refractivity contribution in [3.05, 3.63) is 36.9 Å². The monoisotopic (exact) mass is 343 g/mol. The van der Waals surface area contributed by atoms with Gasteiger partial charge >= 0.3 is 0 Å². The molecular formula is C16H17N5O4. The van der Waals surface area contributed by atoms with Crippen molar-refractivity contribution in [3.63, 3.8) is 0 Å². The minimum absolute atomic E-state index is 0.388. The number of aromatic nitrogens is 5. The van der Waals surface area contributed by atoms with E-state index in [9.17, 15) is 15.3 Å². The van der Waals surface area contributed by atoms with E-state index in [0.29, 0.717) is 5.65 Å². The van der Waals surface area contributed by atoms with Gasteiger partial charge in [-0.3, -0.25) is 0 Å². The molecule has 4 heterocycles. The molecule has 3 N–H and O–H groups in total. The summed E-state index contributed by atoms with van der Waals surface area (Å²) >= 11 is 0. The van der Waals surface area contributed by atoms with Crippen LogP contribution in [0, 0.1) is 6.92 Å². The summed E-state index contributed by atoms with van der Waals surface area (Å²) in [5, 5.41) is 30.5. The Morgan fingerprint density at radius 3 is 2.56 bits per heavy atom. The summed E-state index contributed by atoms with van der Waals surface area (Å²) in [5.74, 6) is 0. The Hall–Kier alpha value is -2.46. The van der Waals surface area contributed by atoms with Gasteiger partial charge in [0.15, 0.2) is 6.23 Å². The predicted octanol–water partition coefficient (Wildman–Crippen LogP) is -0.192. The first-order valence-electron chi connectivity index (χ1n) is 7.81. The zero-order valence-corrected chi connectivity index (χ0v) is 13.4. The maximum atomic E-state index is 10.3. The van der Waals surface area contributed by atoms with E-state index < -0.39 is 24.5 Å². The van der Waals surface area contributed by atoms with E-state index in [1.165, 1.54) is 12.7 Å². The molecular weight excluding hydrogens is 326 g/mol. The molecule has 1 fully saturated rings. The first-order chi connectivity index (χ1) is 12.1. The molecule has 0 unspecified atom stereocenters. The molecule has 0 radical (unpaired) electrons. The van der Waals surface area contributed by atoms with Crippen LogP contribution in [0.1, 0.15) is 11.9 Å². The number of aryl methyl sites for hydroxylation is 1. The van der Waals surface area contributed by atoms with Gasteiger partial charge in [0.05, 0.1) is 12.3 Å². The molecule has 0 aromatic carbocycles. The Balaban J connectivity index is 1.90. The number of hydrogen-bond donors (Lipinski definition) is 3. The predicted molar refractivity (Wildman–Crippen MR) is 86.3 cm³/mol. The first-order valence-corrected chi connectivity index (χ1v) is 7.81. The average Bonchev–Trinajstić information content (AvgIpc) is 3.15. The second-order valence-corrected chi connectivity index (χ2v) is 5.96. The fourth-order valence-electron chi connectivity index (χ4n) is 3.20. The van der Waals surface area contributed by atoms with Gasteiger partial charge in [-0.05, 0) is 6.92 Å². The van der Waals surface area contributed by atoms with E-state index in [0.717, 1.165) is 22.2 Å². The van der Waals surface area contributed by atoms with Crippen LogP contribution >= 0.6 is 0 Å². The Kier molecular flexibility index (Phi) is 3.92. The molecule has 25 heavy (non-hydrogen) atoms. The molecule has 1 aliphatic heterocycles. The zero-order chi connectivity index (χ0) is 17.6. The van der Waals surface area contributed by atoms with Crippen molar-refractivity contribution in [1.82, 2.24) is 24.5 Å². The van der Waals surface area contributed by atoms with E-state index in [4.69, 9.17) is 4.74 Å². The van der Waals surface area contributed by atoms with E-state index in [-0.39, 0.29) is 6.61 Å². The van der Waals surface area contributed by atoms with E-state index in [1.54, 1.807) is 23.2 Å². The fraction of sp³-hybridized carbons (Fsp3) is 0.375. The van der Waals surface area contributed by atoms with Crippen molar-refractivity contribution in [1.29, 1.82) is 0 Å². The second kappa shape index (κ2) is 6.12. The number of aliphatic hydroxyl groups excluding tert-OH is 3. The number of hydrogen-bond acceptors (Lipinski definition) is 8. The lowest BCUT2D eigenvalue weighted by Crippen LogP contribution is -2.33.